The second-order valence-electron chi connectivity index (χ2n) is 5.75. The Morgan fingerprint density at radius 3 is 2.62 bits per heavy atom. The number of likely N-dealkylation sites (N-methyl/N-ethyl adjacent to an activating group) is 1. The predicted molar refractivity (Wildman–Crippen MR) is 79.7 cm³/mol. The van der Waals surface area contributed by atoms with Crippen molar-refractivity contribution in [1.82, 2.24) is 10.6 Å². The van der Waals surface area contributed by atoms with E-state index >= 15 is 0 Å². The van der Waals surface area contributed by atoms with Crippen LogP contribution in [-0.4, -0.2) is 24.9 Å². The van der Waals surface area contributed by atoms with Crippen molar-refractivity contribution in [2.75, 3.05) is 7.05 Å². The monoisotopic (exact) mass is 290 g/mol. The van der Waals surface area contributed by atoms with Gasteiger partial charge in [0.1, 0.15) is 6.04 Å². The average molecular weight is 290 g/mol. The Morgan fingerprint density at radius 2 is 1.95 bits per heavy atom. The van der Waals surface area contributed by atoms with Crippen LogP contribution in [0.1, 0.15) is 41.8 Å². The number of hydrogen-bond donors (Lipinski definition) is 2. The van der Waals surface area contributed by atoms with Gasteiger partial charge in [-0.2, -0.15) is 0 Å². The van der Waals surface area contributed by atoms with Gasteiger partial charge in [-0.3, -0.25) is 9.59 Å². The smallest absolute Gasteiger partial charge is 0.251 e. The first-order valence-electron chi connectivity index (χ1n) is 7.23. The number of carbonyl (C=O) groups is 2. The molecule has 21 heavy (non-hydrogen) atoms. The van der Waals surface area contributed by atoms with E-state index < -0.39 is 6.04 Å². The number of fused-ring (bicyclic) bond motifs is 1. The second-order valence-corrected chi connectivity index (χ2v) is 5.75. The van der Waals surface area contributed by atoms with Crippen LogP contribution in [-0.2, 0) is 22.7 Å². The van der Waals surface area contributed by atoms with Gasteiger partial charge in [0.2, 0.25) is 5.91 Å². The Hall–Kier alpha value is -1.88. The van der Waals surface area contributed by atoms with Crippen molar-refractivity contribution < 1.29 is 14.3 Å². The highest BCUT2D eigenvalue weighted by atomic mass is 16.5. The maximum atomic E-state index is 12.3. The average Bonchev–Trinajstić information content (AvgIpc) is 2.92. The Kier molecular flexibility index (Phi) is 4.96. The van der Waals surface area contributed by atoms with E-state index in [0.29, 0.717) is 31.1 Å². The van der Waals surface area contributed by atoms with Gasteiger partial charge < -0.3 is 15.4 Å². The summed E-state index contributed by atoms with van der Waals surface area (Å²) in [4.78, 5) is 24.2. The molecule has 5 nitrogen and oxygen atoms in total. The summed E-state index contributed by atoms with van der Waals surface area (Å²) in [6.07, 6.45) is 0.611. The van der Waals surface area contributed by atoms with E-state index in [2.05, 4.69) is 10.6 Å². The van der Waals surface area contributed by atoms with Crippen LogP contribution in [0.5, 0.6) is 0 Å². The SMILES string of the molecule is CNC(=O)C(CC(C)C)NC(=O)c1ccc2c(c1)COC2. The van der Waals surface area contributed by atoms with Crippen LogP contribution in [0.25, 0.3) is 0 Å². The van der Waals surface area contributed by atoms with E-state index in [1.807, 2.05) is 26.0 Å². The van der Waals surface area contributed by atoms with Gasteiger partial charge in [-0.25, -0.2) is 0 Å². The van der Waals surface area contributed by atoms with E-state index in [-0.39, 0.29) is 11.8 Å². The highest BCUT2D eigenvalue weighted by Crippen LogP contribution is 2.21. The van der Waals surface area contributed by atoms with Crippen LogP contribution in [0.15, 0.2) is 18.2 Å². The van der Waals surface area contributed by atoms with Crippen molar-refractivity contribution in [3.05, 3.63) is 34.9 Å². The maximum absolute atomic E-state index is 12.3. The van der Waals surface area contributed by atoms with Crippen LogP contribution in [0.2, 0.25) is 0 Å². The van der Waals surface area contributed by atoms with Crippen molar-refractivity contribution in [3.63, 3.8) is 0 Å². The molecule has 5 heteroatoms. The van der Waals surface area contributed by atoms with Crippen LogP contribution < -0.4 is 10.6 Å². The van der Waals surface area contributed by atoms with E-state index in [1.54, 1.807) is 13.1 Å². The number of nitrogens with one attached hydrogen (secondary N) is 2. The lowest BCUT2D eigenvalue weighted by Crippen LogP contribution is -2.46. The molecule has 1 heterocycles. The zero-order valence-corrected chi connectivity index (χ0v) is 12.7. The molecule has 1 atom stereocenters. The van der Waals surface area contributed by atoms with Crippen LogP contribution >= 0.6 is 0 Å². The molecule has 0 saturated carbocycles. The quantitative estimate of drug-likeness (QED) is 0.865. The molecule has 1 unspecified atom stereocenters. The third-order valence-electron chi connectivity index (χ3n) is 3.56. The summed E-state index contributed by atoms with van der Waals surface area (Å²) in [5.74, 6) is -0.0680. The standard InChI is InChI=1S/C16H22N2O3/c1-10(2)6-14(16(20)17-3)18-15(19)11-4-5-12-8-21-9-13(12)7-11/h4-5,7,10,14H,6,8-9H2,1-3H3,(H,17,20)(H,18,19). The Labute approximate surface area is 125 Å². The van der Waals surface area contributed by atoms with E-state index in [1.165, 1.54) is 0 Å². The van der Waals surface area contributed by atoms with Crippen LogP contribution in [0.4, 0.5) is 0 Å². The highest BCUT2D eigenvalue weighted by Gasteiger charge is 2.22. The summed E-state index contributed by atoms with van der Waals surface area (Å²) in [5.41, 5.74) is 2.73. The van der Waals surface area contributed by atoms with Crippen molar-refractivity contribution in [3.8, 4) is 0 Å². The minimum atomic E-state index is -0.507. The van der Waals surface area contributed by atoms with Crippen LogP contribution in [0, 0.1) is 5.92 Å². The summed E-state index contributed by atoms with van der Waals surface area (Å²) in [5, 5.41) is 5.41. The largest absolute Gasteiger partial charge is 0.372 e. The fourth-order valence-corrected chi connectivity index (χ4v) is 2.43. The molecule has 0 saturated heterocycles. The van der Waals surface area contributed by atoms with Gasteiger partial charge in [0, 0.05) is 12.6 Å². The highest BCUT2D eigenvalue weighted by molar-refractivity contribution is 5.97. The number of amides is 2. The minimum Gasteiger partial charge on any atom is -0.372 e. The molecule has 2 rings (SSSR count). The Balaban J connectivity index is 2.09. The molecule has 114 valence electrons. The summed E-state index contributed by atoms with van der Waals surface area (Å²) >= 11 is 0. The molecule has 1 aromatic rings. The fraction of sp³-hybridized carbons (Fsp3) is 0.500. The van der Waals surface area contributed by atoms with Crippen LogP contribution in [0.3, 0.4) is 0 Å². The van der Waals surface area contributed by atoms with E-state index in [4.69, 9.17) is 4.74 Å². The van der Waals surface area contributed by atoms with E-state index in [9.17, 15) is 9.59 Å². The van der Waals surface area contributed by atoms with Gasteiger partial charge in [-0.05, 0) is 35.6 Å². The molecule has 0 radical (unpaired) electrons. The molecule has 0 bridgehead atoms. The first-order valence-corrected chi connectivity index (χ1v) is 7.23. The third kappa shape index (κ3) is 3.82. The summed E-state index contributed by atoms with van der Waals surface area (Å²) in [7, 11) is 1.58. The molecular formula is C16H22N2O3. The number of ether oxygens (including phenoxy) is 1. The lowest BCUT2D eigenvalue weighted by atomic mass is 10.0. The third-order valence-corrected chi connectivity index (χ3v) is 3.56. The van der Waals surface area contributed by atoms with Gasteiger partial charge in [0.05, 0.1) is 13.2 Å². The normalized spacial score (nSPS) is 14.7. The lowest BCUT2D eigenvalue weighted by Gasteiger charge is -2.19. The molecule has 0 aliphatic carbocycles. The second kappa shape index (κ2) is 6.72. The van der Waals surface area contributed by atoms with Gasteiger partial charge in [-0.15, -0.1) is 0 Å². The number of rotatable bonds is 5. The minimum absolute atomic E-state index is 0.165. The maximum Gasteiger partial charge on any atom is 0.251 e. The molecule has 0 spiro atoms. The number of hydrogen-bond acceptors (Lipinski definition) is 3. The predicted octanol–water partition coefficient (Wildman–Crippen LogP) is 1.61. The molecule has 2 N–H and O–H groups in total. The molecule has 2 amide bonds. The Morgan fingerprint density at radius 1 is 1.24 bits per heavy atom. The topological polar surface area (TPSA) is 67.4 Å². The lowest BCUT2D eigenvalue weighted by molar-refractivity contribution is -0.122. The molecular weight excluding hydrogens is 268 g/mol. The van der Waals surface area contributed by atoms with Crippen molar-refractivity contribution in [2.24, 2.45) is 5.92 Å². The van der Waals surface area contributed by atoms with Crippen molar-refractivity contribution >= 4 is 11.8 Å². The number of carbonyl (C=O) groups excluding carboxylic acids is 2. The van der Waals surface area contributed by atoms with Gasteiger partial charge >= 0.3 is 0 Å². The van der Waals surface area contributed by atoms with Crippen molar-refractivity contribution in [1.29, 1.82) is 0 Å². The number of benzene rings is 1. The van der Waals surface area contributed by atoms with Gasteiger partial charge in [-0.1, -0.05) is 19.9 Å². The summed E-state index contributed by atoms with van der Waals surface area (Å²) in [6.45, 7) is 5.19. The molecule has 0 aromatic heterocycles. The first kappa shape index (κ1) is 15.5. The molecule has 0 fully saturated rings. The van der Waals surface area contributed by atoms with Gasteiger partial charge in [0.25, 0.3) is 5.91 Å². The zero-order chi connectivity index (χ0) is 15.4. The zero-order valence-electron chi connectivity index (χ0n) is 12.7. The fourth-order valence-electron chi connectivity index (χ4n) is 2.43. The molecule has 1 aliphatic heterocycles. The van der Waals surface area contributed by atoms with E-state index in [0.717, 1.165) is 11.1 Å². The summed E-state index contributed by atoms with van der Waals surface area (Å²) in [6, 6.07) is 5.02. The molecule has 1 aromatic carbocycles. The summed E-state index contributed by atoms with van der Waals surface area (Å²) < 4.78 is 5.34. The molecule has 1 aliphatic rings. The van der Waals surface area contributed by atoms with Crippen molar-refractivity contribution in [2.45, 2.75) is 39.5 Å². The Bertz CT molecular complexity index is 540. The first-order chi connectivity index (χ1) is 10.0. The van der Waals surface area contributed by atoms with Gasteiger partial charge in [0.15, 0.2) is 0 Å².